The van der Waals surface area contributed by atoms with Gasteiger partial charge in [0.25, 0.3) is 0 Å². The fourth-order valence-corrected chi connectivity index (χ4v) is 5.31. The van der Waals surface area contributed by atoms with Crippen LogP contribution in [0.3, 0.4) is 0 Å². The second-order valence-electron chi connectivity index (χ2n) is 7.66. The summed E-state index contributed by atoms with van der Waals surface area (Å²) in [6.45, 7) is 4.76. The maximum atomic E-state index is 12.8. The molecule has 0 aromatic carbocycles. The highest BCUT2D eigenvalue weighted by Gasteiger charge is 2.83. The van der Waals surface area contributed by atoms with Crippen molar-refractivity contribution in [3.8, 4) is 0 Å². The van der Waals surface area contributed by atoms with Crippen molar-refractivity contribution in [3.05, 3.63) is 11.6 Å². The molecule has 1 spiro atoms. The first-order valence-corrected chi connectivity index (χ1v) is 8.22. The van der Waals surface area contributed by atoms with Crippen LogP contribution < -0.4 is 0 Å². The zero-order valence-electron chi connectivity index (χ0n) is 13.9. The lowest BCUT2D eigenvalue weighted by Gasteiger charge is -2.58. The summed E-state index contributed by atoms with van der Waals surface area (Å²) >= 11 is 0. The number of epoxide rings is 1. The lowest BCUT2D eigenvalue weighted by molar-refractivity contribution is -0.248. The van der Waals surface area contributed by atoms with Crippen LogP contribution in [0.25, 0.3) is 0 Å². The monoisotopic (exact) mass is 338 g/mol. The van der Waals surface area contributed by atoms with Gasteiger partial charge in [-0.2, -0.15) is 0 Å². The van der Waals surface area contributed by atoms with Crippen LogP contribution in [-0.4, -0.2) is 65.2 Å². The number of carbonyl (C=O) groups is 2. The molecule has 4 rings (SSSR count). The molecule has 7 heteroatoms. The highest BCUT2D eigenvalue weighted by atomic mass is 16.6. The van der Waals surface area contributed by atoms with E-state index in [-0.39, 0.29) is 5.78 Å². The van der Waals surface area contributed by atoms with Crippen molar-refractivity contribution in [2.45, 2.75) is 57.2 Å². The van der Waals surface area contributed by atoms with Gasteiger partial charge in [0.15, 0.2) is 11.9 Å². The molecule has 0 radical (unpaired) electrons. The second-order valence-corrected chi connectivity index (χ2v) is 7.66. The number of aliphatic hydroxyl groups is 2. The highest BCUT2D eigenvalue weighted by Crippen LogP contribution is 2.71. The van der Waals surface area contributed by atoms with Gasteiger partial charge in [0, 0.05) is 12.3 Å². The standard InChI is InChI=1S/C17H22O7/c1-8-4-11-16(6-18,14(12(8)21)23-9(2)19)15(3)5-10(20)13(24-11)17(15)7-22-17/h4,10-11,13-14,18,20H,5-7H2,1-3H3/t10-,11-,13-,14+,15-,16-,17?/m0/s1. The number of ether oxygens (including phenoxy) is 3. The van der Waals surface area contributed by atoms with Gasteiger partial charge in [-0.05, 0) is 25.0 Å². The van der Waals surface area contributed by atoms with Gasteiger partial charge < -0.3 is 24.4 Å². The Morgan fingerprint density at radius 1 is 1.50 bits per heavy atom. The molecule has 0 aromatic rings. The Kier molecular flexibility index (Phi) is 3.15. The van der Waals surface area contributed by atoms with E-state index in [9.17, 15) is 19.8 Å². The summed E-state index contributed by atoms with van der Waals surface area (Å²) in [6, 6.07) is 0. The molecular formula is C17H22O7. The zero-order chi connectivity index (χ0) is 17.5. The predicted molar refractivity (Wildman–Crippen MR) is 79.9 cm³/mol. The molecule has 1 saturated carbocycles. The van der Waals surface area contributed by atoms with E-state index in [2.05, 4.69) is 0 Å². The summed E-state index contributed by atoms with van der Waals surface area (Å²) in [5.41, 5.74) is -2.25. The van der Waals surface area contributed by atoms with Gasteiger partial charge in [0.1, 0.15) is 11.7 Å². The first-order chi connectivity index (χ1) is 11.2. The van der Waals surface area contributed by atoms with Gasteiger partial charge in [0.2, 0.25) is 0 Å². The third kappa shape index (κ3) is 1.57. The smallest absolute Gasteiger partial charge is 0.303 e. The molecule has 2 aliphatic heterocycles. The first-order valence-electron chi connectivity index (χ1n) is 8.22. The molecule has 2 N–H and O–H groups in total. The van der Waals surface area contributed by atoms with Crippen molar-refractivity contribution in [1.29, 1.82) is 0 Å². The van der Waals surface area contributed by atoms with Gasteiger partial charge in [-0.15, -0.1) is 0 Å². The normalized spacial score (nSPS) is 52.0. The van der Waals surface area contributed by atoms with E-state index >= 15 is 0 Å². The van der Waals surface area contributed by atoms with Gasteiger partial charge in [-0.3, -0.25) is 9.59 Å². The van der Waals surface area contributed by atoms with Crippen molar-refractivity contribution in [2.75, 3.05) is 13.2 Å². The van der Waals surface area contributed by atoms with E-state index in [0.717, 1.165) is 0 Å². The largest absolute Gasteiger partial charge is 0.453 e. The van der Waals surface area contributed by atoms with Crippen molar-refractivity contribution in [2.24, 2.45) is 10.8 Å². The minimum Gasteiger partial charge on any atom is -0.453 e. The van der Waals surface area contributed by atoms with Crippen LogP contribution in [0.5, 0.6) is 0 Å². The lowest BCUT2D eigenvalue weighted by Crippen LogP contribution is -2.71. The summed E-state index contributed by atoms with van der Waals surface area (Å²) in [6.07, 6.45) is -1.07. The predicted octanol–water partition coefficient (Wildman–Crippen LogP) is -0.267. The average molecular weight is 338 g/mol. The molecular weight excluding hydrogens is 316 g/mol. The average Bonchev–Trinajstić information content (AvgIpc) is 3.27. The Balaban J connectivity index is 1.93. The molecule has 1 unspecified atom stereocenters. The fraction of sp³-hybridized carbons (Fsp3) is 0.765. The number of fused-ring (bicyclic) bond motifs is 2. The lowest BCUT2D eigenvalue weighted by atomic mass is 9.50. The first kappa shape index (κ1) is 16.2. The van der Waals surface area contributed by atoms with Crippen molar-refractivity contribution >= 4 is 11.8 Å². The molecule has 7 nitrogen and oxygen atoms in total. The van der Waals surface area contributed by atoms with Crippen molar-refractivity contribution in [1.82, 2.24) is 0 Å². The summed E-state index contributed by atoms with van der Waals surface area (Å²) in [5, 5.41) is 20.9. The number of esters is 1. The fourth-order valence-electron chi connectivity index (χ4n) is 5.31. The van der Waals surface area contributed by atoms with E-state index in [1.807, 2.05) is 6.92 Å². The molecule has 2 saturated heterocycles. The molecule has 2 aliphatic carbocycles. The SMILES string of the molecule is CC(=O)O[C@@H]1C(=O)C(C)=C[C@@H]2O[C@H]3[C@@H](O)C[C@](C)(C34CO4)[C@@]21CO. The van der Waals surface area contributed by atoms with Crippen LogP contribution in [0, 0.1) is 10.8 Å². The van der Waals surface area contributed by atoms with Gasteiger partial charge in [-0.25, -0.2) is 0 Å². The Bertz CT molecular complexity index is 651. The number of hydrogen-bond donors (Lipinski definition) is 2. The Morgan fingerprint density at radius 2 is 2.17 bits per heavy atom. The molecule has 2 bridgehead atoms. The molecule has 0 amide bonds. The summed E-state index contributed by atoms with van der Waals surface area (Å²) in [5.74, 6) is -0.930. The quantitative estimate of drug-likeness (QED) is 0.527. The van der Waals surface area contributed by atoms with Crippen LogP contribution in [0.15, 0.2) is 11.6 Å². The molecule has 132 valence electrons. The van der Waals surface area contributed by atoms with Crippen molar-refractivity contribution in [3.63, 3.8) is 0 Å². The Hall–Kier alpha value is -1.28. The zero-order valence-corrected chi connectivity index (χ0v) is 13.9. The molecule has 4 aliphatic rings. The van der Waals surface area contributed by atoms with E-state index < -0.39 is 53.4 Å². The highest BCUT2D eigenvalue weighted by molar-refractivity contribution is 6.01. The Morgan fingerprint density at radius 3 is 2.71 bits per heavy atom. The van der Waals surface area contributed by atoms with Crippen LogP contribution in [0.2, 0.25) is 0 Å². The second kappa shape index (κ2) is 4.66. The van der Waals surface area contributed by atoms with Crippen LogP contribution in [0.4, 0.5) is 0 Å². The van der Waals surface area contributed by atoms with E-state index in [1.54, 1.807) is 13.0 Å². The number of hydrogen-bond acceptors (Lipinski definition) is 7. The van der Waals surface area contributed by atoms with Crippen LogP contribution >= 0.6 is 0 Å². The third-order valence-electron chi connectivity index (χ3n) is 6.69. The summed E-state index contributed by atoms with van der Waals surface area (Å²) < 4.78 is 17.2. The third-order valence-corrected chi connectivity index (χ3v) is 6.69. The summed E-state index contributed by atoms with van der Waals surface area (Å²) in [4.78, 5) is 24.4. The summed E-state index contributed by atoms with van der Waals surface area (Å²) in [7, 11) is 0. The van der Waals surface area contributed by atoms with Gasteiger partial charge in [-0.1, -0.05) is 6.92 Å². The molecule has 0 aromatic heterocycles. The number of rotatable bonds is 2. The Labute approximate surface area is 139 Å². The van der Waals surface area contributed by atoms with Crippen LogP contribution in [0.1, 0.15) is 27.2 Å². The topological polar surface area (TPSA) is 106 Å². The van der Waals surface area contributed by atoms with E-state index in [1.165, 1.54) is 6.92 Å². The van der Waals surface area contributed by atoms with Crippen molar-refractivity contribution < 1.29 is 34.0 Å². The maximum absolute atomic E-state index is 12.8. The minimum absolute atomic E-state index is 0.312. The van der Waals surface area contributed by atoms with Gasteiger partial charge in [0.05, 0.1) is 30.8 Å². The molecule has 3 fully saturated rings. The molecule has 2 heterocycles. The van der Waals surface area contributed by atoms with Crippen LogP contribution in [-0.2, 0) is 23.8 Å². The minimum atomic E-state index is -1.18. The molecule has 7 atom stereocenters. The van der Waals surface area contributed by atoms with E-state index in [0.29, 0.717) is 18.6 Å². The van der Waals surface area contributed by atoms with E-state index in [4.69, 9.17) is 14.2 Å². The van der Waals surface area contributed by atoms with Gasteiger partial charge >= 0.3 is 5.97 Å². The number of carbonyl (C=O) groups excluding carboxylic acids is 2. The maximum Gasteiger partial charge on any atom is 0.303 e. The number of Topliss-reactive ketones (excluding diaryl/α,β-unsaturated/α-hetero) is 1. The number of ketones is 1. The molecule has 24 heavy (non-hydrogen) atoms. The number of aliphatic hydroxyl groups excluding tert-OH is 2.